The minimum absolute atomic E-state index is 0.00664. The lowest BCUT2D eigenvalue weighted by atomic mass is 9.79. The number of hydrogen-bond acceptors (Lipinski definition) is 2. The molecule has 2 rings (SSSR count). The second kappa shape index (κ2) is 5.76. The maximum atomic E-state index is 6.55. The van der Waals surface area contributed by atoms with Crippen LogP contribution in [0.5, 0.6) is 0 Å². The largest absolute Gasteiger partial charge is 0.323 e. The van der Waals surface area contributed by atoms with Crippen molar-refractivity contribution in [3.05, 3.63) is 65.5 Å². The molecule has 0 radical (unpaired) electrons. The summed E-state index contributed by atoms with van der Waals surface area (Å²) in [6.45, 7) is 8.88. The van der Waals surface area contributed by atoms with Gasteiger partial charge in [-0.15, -0.1) is 0 Å². The second-order valence-electron chi connectivity index (χ2n) is 6.43. The Labute approximate surface area is 122 Å². The van der Waals surface area contributed by atoms with Crippen molar-refractivity contribution in [3.8, 4) is 0 Å². The van der Waals surface area contributed by atoms with Gasteiger partial charge in [-0.25, -0.2) is 0 Å². The zero-order chi connectivity index (χ0) is 14.8. The molecule has 2 N–H and O–H groups in total. The topological polar surface area (TPSA) is 38.9 Å². The number of aromatic nitrogens is 1. The van der Waals surface area contributed by atoms with E-state index in [1.807, 2.05) is 24.5 Å². The van der Waals surface area contributed by atoms with E-state index in [2.05, 4.69) is 56.9 Å². The molecule has 0 aliphatic rings. The Morgan fingerprint density at radius 1 is 1.00 bits per heavy atom. The van der Waals surface area contributed by atoms with Crippen LogP contribution in [-0.2, 0) is 5.41 Å². The molecule has 2 aromatic rings. The minimum atomic E-state index is -0.00664. The van der Waals surface area contributed by atoms with Crippen LogP contribution in [-0.4, -0.2) is 4.98 Å². The molecule has 1 heterocycles. The van der Waals surface area contributed by atoms with Crippen LogP contribution in [0, 0.1) is 0 Å². The highest BCUT2D eigenvalue weighted by Gasteiger charge is 2.24. The monoisotopic (exact) mass is 268 g/mol. The highest BCUT2D eigenvalue weighted by atomic mass is 14.7. The summed E-state index contributed by atoms with van der Waals surface area (Å²) < 4.78 is 0. The number of pyridine rings is 1. The van der Waals surface area contributed by atoms with Gasteiger partial charge < -0.3 is 5.73 Å². The van der Waals surface area contributed by atoms with Crippen molar-refractivity contribution < 1.29 is 0 Å². The molecule has 2 heteroatoms. The fourth-order valence-corrected chi connectivity index (χ4v) is 2.61. The molecule has 0 saturated carbocycles. The average Bonchev–Trinajstić information content (AvgIpc) is 2.46. The quantitative estimate of drug-likeness (QED) is 0.906. The van der Waals surface area contributed by atoms with Crippen molar-refractivity contribution in [1.29, 1.82) is 0 Å². The van der Waals surface area contributed by atoms with Crippen molar-refractivity contribution in [3.63, 3.8) is 0 Å². The van der Waals surface area contributed by atoms with Gasteiger partial charge in [0.25, 0.3) is 0 Å². The van der Waals surface area contributed by atoms with Crippen molar-refractivity contribution in [1.82, 2.24) is 4.98 Å². The van der Waals surface area contributed by atoms with Gasteiger partial charge in [-0.2, -0.15) is 0 Å². The van der Waals surface area contributed by atoms with Crippen molar-refractivity contribution in [2.24, 2.45) is 5.73 Å². The minimum Gasteiger partial charge on any atom is -0.323 e. The Kier molecular flexibility index (Phi) is 4.24. The summed E-state index contributed by atoms with van der Waals surface area (Å²) >= 11 is 0. The molecular weight excluding hydrogens is 244 g/mol. The van der Waals surface area contributed by atoms with Gasteiger partial charge in [0.1, 0.15) is 0 Å². The Hall–Kier alpha value is -1.67. The lowest BCUT2D eigenvalue weighted by molar-refractivity contribution is 0.543. The summed E-state index contributed by atoms with van der Waals surface area (Å²) in [4.78, 5) is 4.08. The molecular formula is C18H24N2. The molecule has 2 nitrogen and oxygen atoms in total. The molecule has 0 bridgehead atoms. The molecule has 1 aromatic heterocycles. The number of nitrogens with zero attached hydrogens (tertiary/aromatic N) is 1. The van der Waals surface area contributed by atoms with Crippen LogP contribution in [0.25, 0.3) is 0 Å². The third-order valence-corrected chi connectivity index (χ3v) is 3.90. The fourth-order valence-electron chi connectivity index (χ4n) is 2.61. The smallest absolute Gasteiger partial charge is 0.0364 e. The van der Waals surface area contributed by atoms with E-state index in [1.54, 1.807) is 0 Å². The van der Waals surface area contributed by atoms with Crippen LogP contribution < -0.4 is 5.73 Å². The van der Waals surface area contributed by atoms with Crippen molar-refractivity contribution in [2.75, 3.05) is 0 Å². The van der Waals surface area contributed by atoms with E-state index in [4.69, 9.17) is 5.73 Å². The molecule has 106 valence electrons. The molecule has 0 aliphatic heterocycles. The Morgan fingerprint density at radius 3 is 2.20 bits per heavy atom. The van der Waals surface area contributed by atoms with E-state index >= 15 is 0 Å². The second-order valence-corrected chi connectivity index (χ2v) is 6.43. The Bertz CT molecular complexity index is 555. The van der Waals surface area contributed by atoms with E-state index in [9.17, 15) is 0 Å². The maximum Gasteiger partial charge on any atom is 0.0364 e. The predicted octanol–water partition coefficient (Wildman–Crippen LogP) is 4.18. The number of rotatable bonds is 3. The molecule has 1 aromatic carbocycles. The van der Waals surface area contributed by atoms with Crippen LogP contribution in [0.2, 0.25) is 0 Å². The van der Waals surface area contributed by atoms with Gasteiger partial charge in [-0.1, -0.05) is 52.0 Å². The number of nitrogens with two attached hydrogens (primary N) is 1. The van der Waals surface area contributed by atoms with E-state index in [-0.39, 0.29) is 17.4 Å². The zero-order valence-electron chi connectivity index (χ0n) is 12.8. The van der Waals surface area contributed by atoms with Crippen LogP contribution in [0.3, 0.4) is 0 Å². The summed E-state index contributed by atoms with van der Waals surface area (Å²) in [5, 5.41) is 0. The van der Waals surface area contributed by atoms with Crippen molar-refractivity contribution in [2.45, 2.75) is 45.1 Å². The summed E-state index contributed by atoms with van der Waals surface area (Å²) in [5.41, 5.74) is 10.5. The molecule has 2 unspecified atom stereocenters. The molecule has 0 saturated heterocycles. The molecule has 0 aliphatic carbocycles. The van der Waals surface area contributed by atoms with Crippen LogP contribution in [0.1, 0.15) is 56.3 Å². The van der Waals surface area contributed by atoms with Crippen LogP contribution in [0.4, 0.5) is 0 Å². The lowest BCUT2D eigenvalue weighted by Gasteiger charge is -2.28. The average molecular weight is 268 g/mol. The maximum absolute atomic E-state index is 6.55. The molecule has 0 amide bonds. The summed E-state index contributed by atoms with van der Waals surface area (Å²) in [7, 11) is 0. The SMILES string of the molecule is CC(c1ccncc1)C(N)c1ccccc1C(C)(C)C. The molecule has 0 fully saturated rings. The first kappa shape index (κ1) is 14.7. The summed E-state index contributed by atoms with van der Waals surface area (Å²) in [6.07, 6.45) is 3.66. The highest BCUT2D eigenvalue weighted by molar-refractivity contribution is 5.37. The van der Waals surface area contributed by atoms with Gasteiger partial charge in [0, 0.05) is 24.4 Å². The molecule has 20 heavy (non-hydrogen) atoms. The predicted molar refractivity (Wildman–Crippen MR) is 84.7 cm³/mol. The van der Waals surface area contributed by atoms with Gasteiger partial charge >= 0.3 is 0 Å². The Balaban J connectivity index is 2.37. The van der Waals surface area contributed by atoms with Crippen LogP contribution >= 0.6 is 0 Å². The van der Waals surface area contributed by atoms with E-state index in [0.717, 1.165) is 0 Å². The molecule has 0 spiro atoms. The third-order valence-electron chi connectivity index (χ3n) is 3.90. The van der Waals surface area contributed by atoms with Gasteiger partial charge in [-0.05, 0) is 34.2 Å². The first-order chi connectivity index (χ1) is 9.41. The summed E-state index contributed by atoms with van der Waals surface area (Å²) in [6, 6.07) is 12.6. The van der Waals surface area contributed by atoms with E-state index in [0.29, 0.717) is 0 Å². The first-order valence-electron chi connectivity index (χ1n) is 7.16. The lowest BCUT2D eigenvalue weighted by Crippen LogP contribution is -2.23. The third kappa shape index (κ3) is 3.07. The first-order valence-corrected chi connectivity index (χ1v) is 7.16. The van der Waals surface area contributed by atoms with Gasteiger partial charge in [0.05, 0.1) is 0 Å². The summed E-state index contributed by atoms with van der Waals surface area (Å²) in [5.74, 6) is 0.265. The highest BCUT2D eigenvalue weighted by Crippen LogP contribution is 2.34. The van der Waals surface area contributed by atoms with Crippen LogP contribution in [0.15, 0.2) is 48.8 Å². The number of benzene rings is 1. The normalized spacial score (nSPS) is 14.8. The van der Waals surface area contributed by atoms with Gasteiger partial charge in [0.15, 0.2) is 0 Å². The fraction of sp³-hybridized carbons (Fsp3) is 0.389. The zero-order valence-corrected chi connectivity index (χ0v) is 12.8. The van der Waals surface area contributed by atoms with Gasteiger partial charge in [0.2, 0.25) is 0 Å². The standard InChI is InChI=1S/C18H24N2/c1-13(14-9-11-20-12-10-14)17(19)15-7-5-6-8-16(15)18(2,3)4/h5-13,17H,19H2,1-4H3. The van der Waals surface area contributed by atoms with Crippen molar-refractivity contribution >= 4 is 0 Å². The van der Waals surface area contributed by atoms with Gasteiger partial charge in [-0.3, -0.25) is 4.98 Å². The molecule has 2 atom stereocenters. The Morgan fingerprint density at radius 2 is 1.60 bits per heavy atom. The van der Waals surface area contributed by atoms with E-state index < -0.39 is 0 Å². The van der Waals surface area contributed by atoms with E-state index in [1.165, 1.54) is 16.7 Å². The number of hydrogen-bond donors (Lipinski definition) is 1.